The van der Waals surface area contributed by atoms with Crippen molar-refractivity contribution >= 4 is 21.6 Å². The largest absolute Gasteiger partial charge is 0.340 e. The monoisotopic (exact) mass is 330 g/mol. The van der Waals surface area contributed by atoms with Crippen LogP contribution in [0.3, 0.4) is 0 Å². The molecule has 0 unspecified atom stereocenters. The highest BCUT2D eigenvalue weighted by atomic mass is 32.2. The number of amides is 1. The van der Waals surface area contributed by atoms with Crippen LogP contribution in [0, 0.1) is 11.3 Å². The maximum Gasteiger partial charge on any atom is 0.270 e. The molecule has 8 heteroatoms. The summed E-state index contributed by atoms with van der Waals surface area (Å²) in [4.78, 5) is 13.6. The summed E-state index contributed by atoms with van der Waals surface area (Å²) in [5.74, 6) is -0.198. The molecule has 1 aromatic carbocycles. The molecular weight excluding hydrogens is 316 g/mol. The van der Waals surface area contributed by atoms with Crippen molar-refractivity contribution < 1.29 is 13.2 Å². The van der Waals surface area contributed by atoms with Gasteiger partial charge in [-0.1, -0.05) is 0 Å². The molecule has 0 aliphatic carbocycles. The molecule has 1 amide bonds. The lowest BCUT2D eigenvalue weighted by Gasteiger charge is -2.23. The molecule has 23 heavy (non-hydrogen) atoms. The highest BCUT2D eigenvalue weighted by Crippen LogP contribution is 2.21. The van der Waals surface area contributed by atoms with E-state index in [9.17, 15) is 13.2 Å². The fourth-order valence-electron chi connectivity index (χ4n) is 2.38. The van der Waals surface area contributed by atoms with E-state index in [1.165, 1.54) is 36.5 Å². The Morgan fingerprint density at radius 3 is 2.57 bits per heavy atom. The fraction of sp³-hybridized carbons (Fsp3) is 0.200. The van der Waals surface area contributed by atoms with Crippen LogP contribution in [-0.2, 0) is 16.6 Å². The number of carbonyl (C=O) groups is 1. The first kappa shape index (κ1) is 15.1. The predicted molar refractivity (Wildman–Crippen MR) is 83.4 cm³/mol. The average Bonchev–Trinajstić information content (AvgIpc) is 2.97. The quantitative estimate of drug-likeness (QED) is 0.916. The summed E-state index contributed by atoms with van der Waals surface area (Å²) in [6.07, 6.45) is 1.46. The number of rotatable bonds is 3. The van der Waals surface area contributed by atoms with Gasteiger partial charge in [-0.2, -0.15) is 5.26 Å². The predicted octanol–water partition coefficient (Wildman–Crippen LogP) is 1.25. The van der Waals surface area contributed by atoms with Crippen molar-refractivity contribution in [3.8, 4) is 6.07 Å². The van der Waals surface area contributed by atoms with Crippen LogP contribution >= 0.6 is 0 Å². The Kier molecular flexibility index (Phi) is 3.58. The number of sulfonamides is 1. The number of nitrogens with one attached hydrogen (secondary N) is 1. The van der Waals surface area contributed by atoms with Gasteiger partial charge in [-0.05, 0) is 30.3 Å². The van der Waals surface area contributed by atoms with Gasteiger partial charge in [0.2, 0.25) is 0 Å². The summed E-state index contributed by atoms with van der Waals surface area (Å²) < 4.78 is 29.0. The van der Waals surface area contributed by atoms with Gasteiger partial charge in [-0.15, -0.1) is 0 Å². The van der Waals surface area contributed by atoms with Crippen LogP contribution in [0.2, 0.25) is 0 Å². The number of hydrogen-bond donors (Lipinski definition) is 1. The van der Waals surface area contributed by atoms with Gasteiger partial charge in [0.1, 0.15) is 10.6 Å². The van der Waals surface area contributed by atoms with Crippen molar-refractivity contribution in [3.63, 3.8) is 0 Å². The van der Waals surface area contributed by atoms with Gasteiger partial charge >= 0.3 is 0 Å². The van der Waals surface area contributed by atoms with Gasteiger partial charge in [0.25, 0.3) is 15.9 Å². The van der Waals surface area contributed by atoms with Gasteiger partial charge in [-0.3, -0.25) is 9.52 Å². The zero-order valence-electron chi connectivity index (χ0n) is 12.4. The minimum atomic E-state index is -3.79. The first-order valence-electron chi connectivity index (χ1n) is 6.89. The van der Waals surface area contributed by atoms with Gasteiger partial charge in [0.05, 0.1) is 11.6 Å². The molecule has 2 aromatic rings. The summed E-state index contributed by atoms with van der Waals surface area (Å²) in [6.45, 7) is 1.10. The van der Waals surface area contributed by atoms with Crippen LogP contribution < -0.4 is 4.72 Å². The third-order valence-electron chi connectivity index (χ3n) is 3.69. The van der Waals surface area contributed by atoms with Crippen LogP contribution in [0.25, 0.3) is 0 Å². The average molecular weight is 330 g/mol. The molecule has 0 saturated heterocycles. The van der Waals surface area contributed by atoms with Crippen molar-refractivity contribution in [2.45, 2.75) is 11.4 Å². The van der Waals surface area contributed by atoms with Crippen LogP contribution in [0.4, 0.5) is 5.69 Å². The Morgan fingerprint density at radius 2 is 1.91 bits per heavy atom. The van der Waals surface area contributed by atoms with Crippen LogP contribution in [-0.4, -0.2) is 37.4 Å². The Labute approximate surface area is 133 Å². The normalized spacial score (nSPS) is 14.3. The molecule has 0 bridgehead atoms. The van der Waals surface area contributed by atoms with Gasteiger partial charge in [0.15, 0.2) is 0 Å². The number of aromatic nitrogens is 1. The number of hydrogen-bond acceptors (Lipinski definition) is 4. The van der Waals surface area contributed by atoms with Crippen LogP contribution in [0.5, 0.6) is 0 Å². The molecule has 0 spiro atoms. The zero-order valence-corrected chi connectivity index (χ0v) is 13.2. The Morgan fingerprint density at radius 1 is 1.22 bits per heavy atom. The lowest BCUT2D eigenvalue weighted by molar-refractivity contribution is 0.0749. The third-order valence-corrected chi connectivity index (χ3v) is 5.04. The number of likely N-dealkylation sites (N-methyl/N-ethyl adjacent to an activating group) is 1. The molecule has 1 aromatic heterocycles. The molecule has 7 nitrogen and oxygen atoms in total. The van der Waals surface area contributed by atoms with Crippen LogP contribution in [0.1, 0.15) is 16.1 Å². The van der Waals surface area contributed by atoms with E-state index >= 15 is 0 Å². The highest BCUT2D eigenvalue weighted by molar-refractivity contribution is 7.92. The minimum absolute atomic E-state index is 0.0421. The number of fused-ring (bicyclic) bond motifs is 1. The van der Waals surface area contributed by atoms with E-state index in [4.69, 9.17) is 5.26 Å². The number of carbonyl (C=O) groups excluding carboxylic acids is 1. The number of nitriles is 1. The summed E-state index contributed by atoms with van der Waals surface area (Å²) >= 11 is 0. The summed E-state index contributed by atoms with van der Waals surface area (Å²) in [7, 11) is -2.11. The zero-order chi connectivity index (χ0) is 16.6. The van der Waals surface area contributed by atoms with E-state index in [-0.39, 0.29) is 10.8 Å². The second-order valence-corrected chi connectivity index (χ2v) is 6.96. The van der Waals surface area contributed by atoms with Crippen molar-refractivity contribution in [1.29, 1.82) is 5.26 Å². The summed E-state index contributed by atoms with van der Waals surface area (Å²) in [5, 5.41) is 8.75. The van der Waals surface area contributed by atoms with E-state index < -0.39 is 10.0 Å². The first-order chi connectivity index (χ1) is 10.9. The van der Waals surface area contributed by atoms with Gasteiger partial charge < -0.3 is 9.47 Å². The first-order valence-corrected chi connectivity index (χ1v) is 8.37. The van der Waals surface area contributed by atoms with Crippen molar-refractivity contribution in [2.75, 3.05) is 18.3 Å². The molecular formula is C15H14N4O3S. The smallest absolute Gasteiger partial charge is 0.270 e. The number of nitrogens with zero attached hydrogens (tertiary/aromatic N) is 3. The Hall–Kier alpha value is -2.79. The Bertz CT molecular complexity index is 907. The standard InChI is InChI=1S/C15H14N4O3S/c1-18-6-7-19-10-13(8-14(19)15(18)20)23(21,22)17-12-4-2-11(9-16)3-5-12/h2-5,8,10,17H,6-7H2,1H3. The maximum absolute atomic E-state index is 12.4. The van der Waals surface area contributed by atoms with Gasteiger partial charge in [0, 0.05) is 32.0 Å². The molecule has 0 atom stereocenters. The molecule has 0 radical (unpaired) electrons. The fourth-order valence-corrected chi connectivity index (χ4v) is 3.47. The Balaban J connectivity index is 1.90. The SMILES string of the molecule is CN1CCn2cc(S(=O)(=O)Nc3ccc(C#N)cc3)cc2C1=O. The lowest BCUT2D eigenvalue weighted by atomic mass is 10.2. The number of anilines is 1. The minimum Gasteiger partial charge on any atom is -0.340 e. The van der Waals surface area contributed by atoms with Gasteiger partial charge in [-0.25, -0.2) is 8.42 Å². The molecule has 1 aliphatic heterocycles. The molecule has 0 saturated carbocycles. The molecule has 1 N–H and O–H groups in total. The van der Waals surface area contributed by atoms with E-state index in [1.807, 2.05) is 6.07 Å². The molecule has 2 heterocycles. The summed E-state index contributed by atoms with van der Waals surface area (Å²) in [6, 6.07) is 9.44. The van der Waals surface area contributed by atoms with Crippen molar-refractivity contribution in [3.05, 3.63) is 47.8 Å². The third kappa shape index (κ3) is 2.78. The van der Waals surface area contributed by atoms with E-state index in [2.05, 4.69) is 4.72 Å². The van der Waals surface area contributed by atoms with E-state index in [0.717, 1.165) is 0 Å². The molecule has 1 aliphatic rings. The van der Waals surface area contributed by atoms with Crippen molar-refractivity contribution in [1.82, 2.24) is 9.47 Å². The highest BCUT2D eigenvalue weighted by Gasteiger charge is 2.26. The maximum atomic E-state index is 12.4. The lowest BCUT2D eigenvalue weighted by Crippen LogP contribution is -2.36. The molecule has 3 rings (SSSR count). The number of benzene rings is 1. The van der Waals surface area contributed by atoms with E-state index in [1.54, 1.807) is 16.5 Å². The van der Waals surface area contributed by atoms with E-state index in [0.29, 0.717) is 30.0 Å². The molecule has 0 fully saturated rings. The molecule has 118 valence electrons. The second kappa shape index (κ2) is 5.44. The summed E-state index contributed by atoms with van der Waals surface area (Å²) in [5.41, 5.74) is 1.16. The second-order valence-electron chi connectivity index (χ2n) is 5.28. The van der Waals surface area contributed by atoms with Crippen LogP contribution in [0.15, 0.2) is 41.4 Å². The van der Waals surface area contributed by atoms with Crippen molar-refractivity contribution in [2.24, 2.45) is 0 Å². The topological polar surface area (TPSA) is 95.2 Å².